The number of rotatable bonds is 14. The van der Waals surface area contributed by atoms with Gasteiger partial charge in [-0.3, -0.25) is 4.79 Å². The van der Waals surface area contributed by atoms with Crippen LogP contribution in [0.25, 0.3) is 0 Å². The first-order valence-corrected chi connectivity index (χ1v) is 9.51. The van der Waals surface area contributed by atoms with Crippen LogP contribution in [0.4, 0.5) is 0 Å². The molecule has 0 bridgehead atoms. The zero-order valence-electron chi connectivity index (χ0n) is 16.1. The van der Waals surface area contributed by atoms with Gasteiger partial charge < -0.3 is 14.6 Å². The molecule has 1 N–H and O–H groups in total. The molecule has 0 heterocycles. The van der Waals surface area contributed by atoms with Crippen molar-refractivity contribution in [3.8, 4) is 11.5 Å². The SMILES string of the molecule is CCCCCCCC[C@@H](CC(=O)CCc1ccc(O)c(OC)c1)OC. The summed E-state index contributed by atoms with van der Waals surface area (Å²) in [5.74, 6) is 0.795. The number of ketones is 1. The van der Waals surface area contributed by atoms with Gasteiger partial charge in [0.2, 0.25) is 0 Å². The molecule has 0 fully saturated rings. The Balaban J connectivity index is 2.29. The van der Waals surface area contributed by atoms with Gasteiger partial charge in [-0.2, -0.15) is 0 Å². The van der Waals surface area contributed by atoms with E-state index >= 15 is 0 Å². The van der Waals surface area contributed by atoms with Crippen molar-refractivity contribution < 1.29 is 19.4 Å². The number of Topliss-reactive ketones (excluding diaryl/α,β-unsaturated/α-hetero) is 1. The number of aromatic hydroxyl groups is 1. The Bertz CT molecular complexity index is 499. The largest absolute Gasteiger partial charge is 0.504 e. The lowest BCUT2D eigenvalue weighted by atomic mass is 10.0. The van der Waals surface area contributed by atoms with Crippen molar-refractivity contribution in [3.05, 3.63) is 23.8 Å². The van der Waals surface area contributed by atoms with E-state index in [0.29, 0.717) is 25.0 Å². The first kappa shape index (κ1) is 21.5. The minimum Gasteiger partial charge on any atom is -0.504 e. The molecule has 0 aliphatic rings. The van der Waals surface area contributed by atoms with Crippen LogP contribution in [0.5, 0.6) is 11.5 Å². The number of carbonyl (C=O) groups excluding carboxylic acids is 1. The Morgan fingerprint density at radius 1 is 1.12 bits per heavy atom. The highest BCUT2D eigenvalue weighted by molar-refractivity contribution is 5.79. The number of phenolic OH excluding ortho intramolecular Hbond substituents is 1. The molecule has 1 rings (SSSR count). The second-order valence-electron chi connectivity index (χ2n) is 6.66. The van der Waals surface area contributed by atoms with Crippen molar-refractivity contribution in [3.63, 3.8) is 0 Å². The maximum atomic E-state index is 12.2. The van der Waals surface area contributed by atoms with E-state index in [1.807, 2.05) is 6.07 Å². The van der Waals surface area contributed by atoms with Crippen LogP contribution in [0.15, 0.2) is 18.2 Å². The summed E-state index contributed by atoms with van der Waals surface area (Å²) in [5.41, 5.74) is 0.993. The average molecular weight is 350 g/mol. The summed E-state index contributed by atoms with van der Waals surface area (Å²) in [6.07, 6.45) is 10.1. The molecule has 0 amide bonds. The third-order valence-electron chi connectivity index (χ3n) is 4.60. The topological polar surface area (TPSA) is 55.8 Å². The van der Waals surface area contributed by atoms with Crippen molar-refractivity contribution in [2.24, 2.45) is 0 Å². The molecule has 25 heavy (non-hydrogen) atoms. The van der Waals surface area contributed by atoms with Gasteiger partial charge >= 0.3 is 0 Å². The fraction of sp³-hybridized carbons (Fsp3) is 0.667. The van der Waals surface area contributed by atoms with Crippen molar-refractivity contribution >= 4 is 5.78 Å². The number of hydrogen-bond donors (Lipinski definition) is 1. The molecule has 0 saturated carbocycles. The lowest BCUT2D eigenvalue weighted by molar-refractivity contribution is -0.121. The summed E-state index contributed by atoms with van der Waals surface area (Å²) in [7, 11) is 3.22. The smallest absolute Gasteiger partial charge is 0.160 e. The molecule has 0 unspecified atom stereocenters. The molecule has 4 nitrogen and oxygen atoms in total. The summed E-state index contributed by atoms with van der Waals surface area (Å²) in [6, 6.07) is 5.22. The molecule has 0 aliphatic heterocycles. The fourth-order valence-corrected chi connectivity index (χ4v) is 2.97. The summed E-state index contributed by atoms with van der Waals surface area (Å²) < 4.78 is 10.6. The van der Waals surface area contributed by atoms with E-state index in [0.717, 1.165) is 18.4 Å². The summed E-state index contributed by atoms with van der Waals surface area (Å²) in [4.78, 5) is 12.2. The van der Waals surface area contributed by atoms with Crippen LogP contribution in [-0.4, -0.2) is 31.2 Å². The lowest BCUT2D eigenvalue weighted by Gasteiger charge is -2.14. The third-order valence-corrected chi connectivity index (χ3v) is 4.60. The predicted molar refractivity (Wildman–Crippen MR) is 101 cm³/mol. The van der Waals surface area contributed by atoms with Crippen LogP contribution < -0.4 is 4.74 Å². The molecule has 1 atom stereocenters. The standard InChI is InChI=1S/C21H34O4/c1-4-5-6-7-8-9-10-19(24-2)16-18(22)13-11-17-12-14-20(23)21(15-17)25-3/h12,14-15,19,23H,4-11,13,16H2,1-3H3/t19-/m0/s1. The Labute approximate surface area is 152 Å². The Kier molecular flexibility index (Phi) is 11.0. The van der Waals surface area contributed by atoms with E-state index in [2.05, 4.69) is 6.92 Å². The molecular formula is C21H34O4. The molecule has 0 spiro atoms. The number of carbonyl (C=O) groups is 1. The first-order chi connectivity index (χ1) is 12.1. The van der Waals surface area contributed by atoms with E-state index in [-0.39, 0.29) is 17.6 Å². The number of ether oxygens (including phenoxy) is 2. The van der Waals surface area contributed by atoms with Crippen LogP contribution in [-0.2, 0) is 16.0 Å². The van der Waals surface area contributed by atoms with Crippen LogP contribution in [0.3, 0.4) is 0 Å². The third kappa shape index (κ3) is 8.92. The number of aryl methyl sites for hydroxylation is 1. The maximum Gasteiger partial charge on any atom is 0.160 e. The normalized spacial score (nSPS) is 12.1. The van der Waals surface area contributed by atoms with Gasteiger partial charge in [-0.1, -0.05) is 51.5 Å². The van der Waals surface area contributed by atoms with Gasteiger partial charge in [0, 0.05) is 20.0 Å². The van der Waals surface area contributed by atoms with E-state index < -0.39 is 0 Å². The fourth-order valence-electron chi connectivity index (χ4n) is 2.97. The highest BCUT2D eigenvalue weighted by atomic mass is 16.5. The van der Waals surface area contributed by atoms with Crippen molar-refractivity contribution in [1.29, 1.82) is 0 Å². The molecule has 0 saturated heterocycles. The van der Waals surface area contributed by atoms with Crippen molar-refractivity contribution in [2.45, 2.75) is 77.2 Å². The maximum absolute atomic E-state index is 12.2. The van der Waals surface area contributed by atoms with Gasteiger partial charge in [0.15, 0.2) is 11.5 Å². The monoisotopic (exact) mass is 350 g/mol. The average Bonchev–Trinajstić information content (AvgIpc) is 2.62. The molecule has 4 heteroatoms. The minimum atomic E-state index is 0.0352. The molecule has 0 aromatic heterocycles. The van der Waals surface area contributed by atoms with Crippen LogP contribution >= 0.6 is 0 Å². The molecule has 0 aliphatic carbocycles. The van der Waals surface area contributed by atoms with Gasteiger partial charge in [-0.15, -0.1) is 0 Å². The van der Waals surface area contributed by atoms with Crippen molar-refractivity contribution in [1.82, 2.24) is 0 Å². The Morgan fingerprint density at radius 3 is 2.52 bits per heavy atom. The first-order valence-electron chi connectivity index (χ1n) is 9.51. The molecule has 142 valence electrons. The number of methoxy groups -OCH3 is 2. The molecule has 0 radical (unpaired) electrons. The van der Waals surface area contributed by atoms with Crippen molar-refractivity contribution in [2.75, 3.05) is 14.2 Å². The lowest BCUT2D eigenvalue weighted by Crippen LogP contribution is -2.16. The number of hydrogen-bond acceptors (Lipinski definition) is 4. The van der Waals surface area contributed by atoms with Crippen LogP contribution in [0.1, 0.15) is 70.3 Å². The summed E-state index contributed by atoms with van der Waals surface area (Å²) >= 11 is 0. The van der Waals surface area contributed by atoms with Gasteiger partial charge in [-0.05, 0) is 30.5 Å². The van der Waals surface area contributed by atoms with Crippen LogP contribution in [0.2, 0.25) is 0 Å². The van der Waals surface area contributed by atoms with Gasteiger partial charge in [-0.25, -0.2) is 0 Å². The number of phenols is 1. The summed E-state index contributed by atoms with van der Waals surface area (Å²) in [5, 5.41) is 9.61. The number of benzene rings is 1. The second kappa shape index (κ2) is 12.8. The highest BCUT2D eigenvalue weighted by Crippen LogP contribution is 2.26. The predicted octanol–water partition coefficient (Wildman–Crippen LogP) is 5.06. The van der Waals surface area contributed by atoms with Gasteiger partial charge in [0.05, 0.1) is 13.2 Å². The van der Waals surface area contributed by atoms with Gasteiger partial charge in [0.1, 0.15) is 5.78 Å². The van der Waals surface area contributed by atoms with Gasteiger partial charge in [0.25, 0.3) is 0 Å². The molecule has 1 aromatic rings. The Morgan fingerprint density at radius 2 is 1.84 bits per heavy atom. The molecular weight excluding hydrogens is 316 g/mol. The van der Waals surface area contributed by atoms with Crippen LogP contribution in [0, 0.1) is 0 Å². The quantitative estimate of drug-likeness (QED) is 0.477. The zero-order valence-corrected chi connectivity index (χ0v) is 16.1. The molecule has 1 aromatic carbocycles. The summed E-state index contributed by atoms with van der Waals surface area (Å²) in [6.45, 7) is 2.22. The number of unbranched alkanes of at least 4 members (excludes halogenated alkanes) is 5. The minimum absolute atomic E-state index is 0.0352. The van der Waals surface area contributed by atoms with E-state index in [1.165, 1.54) is 39.2 Å². The zero-order chi connectivity index (χ0) is 18.5. The Hall–Kier alpha value is -1.55. The van der Waals surface area contributed by atoms with E-state index in [1.54, 1.807) is 19.2 Å². The second-order valence-corrected chi connectivity index (χ2v) is 6.66. The van der Waals surface area contributed by atoms with E-state index in [9.17, 15) is 9.90 Å². The van der Waals surface area contributed by atoms with E-state index in [4.69, 9.17) is 9.47 Å². The highest BCUT2D eigenvalue weighted by Gasteiger charge is 2.13.